The molecular formula is C23H23ClN4O3. The summed E-state index contributed by atoms with van der Waals surface area (Å²) in [4.78, 5) is 33.4. The molecule has 0 aliphatic carbocycles. The van der Waals surface area contributed by atoms with E-state index in [0.717, 1.165) is 16.5 Å². The van der Waals surface area contributed by atoms with Crippen molar-refractivity contribution < 1.29 is 14.3 Å². The Morgan fingerprint density at radius 2 is 1.84 bits per heavy atom. The van der Waals surface area contributed by atoms with Gasteiger partial charge in [0.25, 0.3) is 5.91 Å². The van der Waals surface area contributed by atoms with Crippen LogP contribution in [-0.4, -0.2) is 61.5 Å². The highest BCUT2D eigenvalue weighted by atomic mass is 35.5. The Bertz CT molecular complexity index is 1110. The molecular weight excluding hydrogens is 416 g/mol. The number of hydrogen-bond donors (Lipinski definition) is 1. The molecule has 1 saturated heterocycles. The second kappa shape index (κ2) is 9.22. The van der Waals surface area contributed by atoms with Crippen LogP contribution in [0.1, 0.15) is 10.5 Å². The van der Waals surface area contributed by atoms with Gasteiger partial charge in [-0.1, -0.05) is 35.9 Å². The summed E-state index contributed by atoms with van der Waals surface area (Å²) < 4.78 is 5.31. The third-order valence-electron chi connectivity index (χ3n) is 5.34. The van der Waals surface area contributed by atoms with Crippen LogP contribution >= 0.6 is 11.6 Å². The molecule has 1 N–H and O–H groups in total. The molecule has 7 nitrogen and oxygen atoms in total. The Morgan fingerprint density at radius 1 is 1.06 bits per heavy atom. The molecule has 0 radical (unpaired) electrons. The lowest BCUT2D eigenvalue weighted by atomic mass is 10.1. The molecule has 160 valence electrons. The van der Waals surface area contributed by atoms with Gasteiger partial charge in [-0.15, -0.1) is 0 Å². The van der Waals surface area contributed by atoms with E-state index in [1.54, 1.807) is 11.0 Å². The highest BCUT2D eigenvalue weighted by molar-refractivity contribution is 6.30. The first-order chi connectivity index (χ1) is 15.0. The van der Waals surface area contributed by atoms with Crippen LogP contribution in [0.2, 0.25) is 5.02 Å². The number of methoxy groups -OCH3 is 1. The zero-order valence-corrected chi connectivity index (χ0v) is 17.9. The van der Waals surface area contributed by atoms with E-state index < -0.39 is 5.91 Å². The van der Waals surface area contributed by atoms with Gasteiger partial charge in [-0.2, -0.15) is 0 Å². The molecule has 1 aliphatic rings. The van der Waals surface area contributed by atoms with Gasteiger partial charge in [0.15, 0.2) is 0 Å². The molecule has 0 atom stereocenters. The maximum Gasteiger partial charge on any atom is 0.270 e. The SMILES string of the molecule is COc1nc(C(=O)NCC(=O)N2CCN(c3cccc(Cl)c3)CC2)cc2ccccc12. The number of benzene rings is 2. The molecule has 2 amide bonds. The number of halogens is 1. The molecule has 0 unspecified atom stereocenters. The highest BCUT2D eigenvalue weighted by Crippen LogP contribution is 2.24. The molecule has 0 saturated carbocycles. The summed E-state index contributed by atoms with van der Waals surface area (Å²) in [6.45, 7) is 2.52. The summed E-state index contributed by atoms with van der Waals surface area (Å²) in [5, 5.41) is 5.05. The first-order valence-electron chi connectivity index (χ1n) is 10.1. The minimum absolute atomic E-state index is 0.0766. The van der Waals surface area contributed by atoms with E-state index in [1.807, 2.05) is 48.5 Å². The van der Waals surface area contributed by atoms with Crippen LogP contribution in [0.5, 0.6) is 5.88 Å². The summed E-state index contributed by atoms with van der Waals surface area (Å²) in [7, 11) is 1.52. The lowest BCUT2D eigenvalue weighted by molar-refractivity contribution is -0.130. The average molecular weight is 439 g/mol. The van der Waals surface area contributed by atoms with Crippen molar-refractivity contribution in [2.45, 2.75) is 0 Å². The van der Waals surface area contributed by atoms with Crippen molar-refractivity contribution in [3.05, 3.63) is 65.3 Å². The molecule has 8 heteroatoms. The number of amides is 2. The smallest absolute Gasteiger partial charge is 0.270 e. The number of rotatable bonds is 5. The van der Waals surface area contributed by atoms with Gasteiger partial charge in [0.2, 0.25) is 11.8 Å². The third kappa shape index (κ3) is 4.72. The summed E-state index contributed by atoms with van der Waals surface area (Å²) in [5.41, 5.74) is 1.26. The topological polar surface area (TPSA) is 74.8 Å². The largest absolute Gasteiger partial charge is 0.481 e. The van der Waals surface area contributed by atoms with Crippen molar-refractivity contribution in [1.82, 2.24) is 15.2 Å². The van der Waals surface area contributed by atoms with Crippen molar-refractivity contribution in [2.24, 2.45) is 0 Å². The standard InChI is InChI=1S/C23H23ClN4O3/c1-31-23-19-8-3-2-5-16(19)13-20(26-23)22(30)25-15-21(29)28-11-9-27(10-12-28)18-7-4-6-17(24)14-18/h2-8,13-14H,9-12,15H2,1H3,(H,25,30). The first kappa shape index (κ1) is 20.9. The van der Waals surface area contributed by atoms with Crippen molar-refractivity contribution in [3.8, 4) is 5.88 Å². The third-order valence-corrected chi connectivity index (χ3v) is 5.57. The summed E-state index contributed by atoms with van der Waals surface area (Å²) in [5.74, 6) is -0.145. The van der Waals surface area contributed by atoms with E-state index in [0.29, 0.717) is 37.1 Å². The van der Waals surface area contributed by atoms with Gasteiger partial charge >= 0.3 is 0 Å². The van der Waals surface area contributed by atoms with Crippen LogP contribution in [0.25, 0.3) is 10.8 Å². The van der Waals surface area contributed by atoms with Crippen molar-refractivity contribution in [3.63, 3.8) is 0 Å². The zero-order valence-electron chi connectivity index (χ0n) is 17.2. The van der Waals surface area contributed by atoms with E-state index in [1.165, 1.54) is 7.11 Å². The van der Waals surface area contributed by atoms with E-state index in [9.17, 15) is 9.59 Å². The number of ether oxygens (including phenoxy) is 1. The van der Waals surface area contributed by atoms with Gasteiger partial charge in [-0.3, -0.25) is 9.59 Å². The van der Waals surface area contributed by atoms with E-state index in [2.05, 4.69) is 15.2 Å². The Hall–Kier alpha value is -3.32. The average Bonchev–Trinajstić information content (AvgIpc) is 2.81. The molecule has 3 aromatic rings. The van der Waals surface area contributed by atoms with Gasteiger partial charge in [-0.05, 0) is 35.7 Å². The minimum Gasteiger partial charge on any atom is -0.481 e. The number of fused-ring (bicyclic) bond motifs is 1. The van der Waals surface area contributed by atoms with Crippen LogP contribution in [0.4, 0.5) is 5.69 Å². The molecule has 0 bridgehead atoms. The van der Waals surface area contributed by atoms with Gasteiger partial charge in [0, 0.05) is 42.3 Å². The maximum atomic E-state index is 12.6. The number of nitrogens with zero attached hydrogens (tertiary/aromatic N) is 3. The molecule has 0 spiro atoms. The second-order valence-corrected chi connectivity index (χ2v) is 7.70. The van der Waals surface area contributed by atoms with E-state index >= 15 is 0 Å². The normalized spacial score (nSPS) is 13.9. The second-order valence-electron chi connectivity index (χ2n) is 7.27. The van der Waals surface area contributed by atoms with Crippen LogP contribution in [0.15, 0.2) is 54.6 Å². The Labute approximate surface area is 185 Å². The Kier molecular flexibility index (Phi) is 6.23. The number of hydrogen-bond acceptors (Lipinski definition) is 5. The number of anilines is 1. The maximum absolute atomic E-state index is 12.6. The lowest BCUT2D eigenvalue weighted by Crippen LogP contribution is -2.51. The van der Waals surface area contributed by atoms with Crippen LogP contribution in [0.3, 0.4) is 0 Å². The van der Waals surface area contributed by atoms with Crippen LogP contribution in [-0.2, 0) is 4.79 Å². The molecule has 1 fully saturated rings. The quantitative estimate of drug-likeness (QED) is 0.662. The summed E-state index contributed by atoms with van der Waals surface area (Å²) >= 11 is 6.07. The monoisotopic (exact) mass is 438 g/mol. The molecule has 1 aromatic heterocycles. The van der Waals surface area contributed by atoms with Crippen molar-refractivity contribution in [2.75, 3.05) is 44.7 Å². The molecule has 2 heterocycles. The number of pyridine rings is 1. The summed E-state index contributed by atoms with van der Waals surface area (Å²) in [6.07, 6.45) is 0. The fourth-order valence-corrected chi connectivity index (χ4v) is 3.87. The number of piperazine rings is 1. The highest BCUT2D eigenvalue weighted by Gasteiger charge is 2.22. The number of aromatic nitrogens is 1. The molecule has 2 aromatic carbocycles. The predicted octanol–water partition coefficient (Wildman–Crippen LogP) is 2.98. The fraction of sp³-hybridized carbons (Fsp3) is 0.261. The zero-order chi connectivity index (χ0) is 21.8. The molecule has 4 rings (SSSR count). The minimum atomic E-state index is -0.407. The Balaban J connectivity index is 1.34. The van der Waals surface area contributed by atoms with Gasteiger partial charge in [0.1, 0.15) is 5.69 Å². The fourth-order valence-electron chi connectivity index (χ4n) is 3.68. The van der Waals surface area contributed by atoms with Gasteiger partial charge in [-0.25, -0.2) is 4.98 Å². The van der Waals surface area contributed by atoms with Gasteiger partial charge < -0.3 is 19.9 Å². The molecule has 1 aliphatic heterocycles. The van der Waals surface area contributed by atoms with Crippen LogP contribution in [0, 0.1) is 0 Å². The Morgan fingerprint density at radius 3 is 2.58 bits per heavy atom. The van der Waals surface area contributed by atoms with Crippen molar-refractivity contribution in [1.29, 1.82) is 0 Å². The molecule has 31 heavy (non-hydrogen) atoms. The number of carbonyl (C=O) groups is 2. The predicted molar refractivity (Wildman–Crippen MR) is 121 cm³/mol. The lowest BCUT2D eigenvalue weighted by Gasteiger charge is -2.36. The van der Waals surface area contributed by atoms with Gasteiger partial charge in [0.05, 0.1) is 13.7 Å². The van der Waals surface area contributed by atoms with Crippen molar-refractivity contribution >= 4 is 39.9 Å². The van der Waals surface area contributed by atoms with Crippen LogP contribution < -0.4 is 15.0 Å². The number of carbonyl (C=O) groups excluding carboxylic acids is 2. The first-order valence-corrected chi connectivity index (χ1v) is 10.4. The van der Waals surface area contributed by atoms with E-state index in [-0.39, 0.29) is 18.1 Å². The number of nitrogens with one attached hydrogen (secondary N) is 1. The summed E-state index contributed by atoms with van der Waals surface area (Å²) in [6, 6.07) is 16.9. The van der Waals surface area contributed by atoms with E-state index in [4.69, 9.17) is 16.3 Å².